The number of rotatable bonds is 10. The molecule has 244 valence electrons. The Bertz CT molecular complexity index is 2160. The summed E-state index contributed by atoms with van der Waals surface area (Å²) in [6.45, 7) is 5.04. The van der Waals surface area contributed by atoms with Gasteiger partial charge in [0.25, 0.3) is 0 Å². The molecule has 10 heteroatoms. The van der Waals surface area contributed by atoms with Crippen LogP contribution in [0.15, 0.2) is 91.0 Å². The molecule has 0 saturated carbocycles. The molecule has 3 aromatic heterocycles. The van der Waals surface area contributed by atoms with Crippen LogP contribution in [0, 0.1) is 11.6 Å². The van der Waals surface area contributed by atoms with Crippen LogP contribution in [0.4, 0.5) is 8.78 Å². The van der Waals surface area contributed by atoms with Gasteiger partial charge in [-0.05, 0) is 123 Å². The Hall–Kier alpha value is -1.91. The molecule has 2 radical (unpaired) electrons. The maximum Gasteiger partial charge on any atom is 0.123 e. The number of ether oxygens (including phenoxy) is 2. The number of fused-ring (bicyclic) bond motifs is 8. The first kappa shape index (κ1) is 39.3. The number of H-pyrrole nitrogens is 2. The number of hydrogen-bond acceptors (Lipinski definition) is 4. The Morgan fingerprint density at radius 1 is 0.600 bits per heavy atom. The molecule has 0 saturated heterocycles. The Balaban J connectivity index is 0.00000243. The smallest absolute Gasteiger partial charge is 0.123 e. The topological polar surface area (TPSA) is 75.8 Å². The molecular formula is C40H36F2K2N4O2. The second kappa shape index (κ2) is 18.2. The van der Waals surface area contributed by atoms with Gasteiger partial charge in [0.05, 0.1) is 48.2 Å². The molecule has 2 aliphatic rings. The van der Waals surface area contributed by atoms with Gasteiger partial charge in [-0.25, -0.2) is 18.7 Å². The fraction of sp³-hybridized carbons (Fsp3) is 0.200. The molecule has 0 aliphatic carbocycles. The van der Waals surface area contributed by atoms with E-state index in [2.05, 4.69) is 22.1 Å². The van der Waals surface area contributed by atoms with Crippen molar-refractivity contribution in [3.05, 3.63) is 142 Å². The third-order valence-electron chi connectivity index (χ3n) is 8.57. The van der Waals surface area contributed by atoms with Gasteiger partial charge >= 0.3 is 0 Å². The number of aromatic amines is 2. The van der Waals surface area contributed by atoms with Gasteiger partial charge in [0.2, 0.25) is 0 Å². The van der Waals surface area contributed by atoms with E-state index in [1.807, 2.05) is 62.4 Å². The van der Waals surface area contributed by atoms with E-state index in [-0.39, 0.29) is 127 Å². The van der Waals surface area contributed by atoms with E-state index < -0.39 is 0 Å². The van der Waals surface area contributed by atoms with E-state index in [0.29, 0.717) is 26.1 Å². The van der Waals surface area contributed by atoms with Crippen LogP contribution < -0.4 is 0 Å². The van der Waals surface area contributed by atoms with Crippen LogP contribution in [0.3, 0.4) is 0 Å². The predicted octanol–water partition coefficient (Wildman–Crippen LogP) is 8.51. The summed E-state index contributed by atoms with van der Waals surface area (Å²) in [6.07, 6.45) is 6.97. The molecule has 2 atom stereocenters. The van der Waals surface area contributed by atoms with Crippen molar-refractivity contribution in [2.45, 2.75) is 38.9 Å². The minimum absolute atomic E-state index is 0. The third kappa shape index (κ3) is 10.1. The zero-order valence-electron chi connectivity index (χ0n) is 28.8. The van der Waals surface area contributed by atoms with E-state index in [0.717, 1.165) is 67.1 Å². The van der Waals surface area contributed by atoms with Crippen molar-refractivity contribution in [3.8, 4) is 0 Å². The molecule has 5 heterocycles. The van der Waals surface area contributed by atoms with Crippen LogP contribution in [0.2, 0.25) is 0 Å². The normalized spacial score (nSPS) is 13.2. The molecule has 0 amide bonds. The first-order chi connectivity index (χ1) is 23.3. The van der Waals surface area contributed by atoms with Gasteiger partial charge < -0.3 is 19.4 Å². The zero-order valence-corrected chi connectivity index (χ0v) is 35.1. The molecule has 2 aromatic carbocycles. The van der Waals surface area contributed by atoms with Crippen molar-refractivity contribution in [3.63, 3.8) is 0 Å². The van der Waals surface area contributed by atoms with Gasteiger partial charge in [0.1, 0.15) is 11.6 Å². The number of nitrogens with one attached hydrogen (secondary N) is 2. The van der Waals surface area contributed by atoms with Crippen molar-refractivity contribution in [2.75, 3.05) is 13.2 Å². The second-order valence-electron chi connectivity index (χ2n) is 12.1. The first-order valence-electron chi connectivity index (χ1n) is 16.2. The molecule has 2 N–H and O–H groups in total. The quantitative estimate of drug-likeness (QED) is 0.139. The van der Waals surface area contributed by atoms with E-state index in [1.165, 1.54) is 24.3 Å². The van der Waals surface area contributed by atoms with E-state index >= 15 is 0 Å². The fourth-order valence-electron chi connectivity index (χ4n) is 5.98. The average Bonchev–Trinajstić information content (AvgIpc) is 3.88. The third-order valence-corrected chi connectivity index (χ3v) is 8.57. The van der Waals surface area contributed by atoms with E-state index in [4.69, 9.17) is 19.4 Å². The molecule has 5 aromatic rings. The van der Waals surface area contributed by atoms with Gasteiger partial charge in [-0.15, -0.1) is 0 Å². The molecular weight excluding hydrogens is 685 g/mol. The Kier molecular flexibility index (Phi) is 14.3. The Labute approximate surface area is 375 Å². The summed E-state index contributed by atoms with van der Waals surface area (Å²) < 4.78 is 39.3. The summed E-state index contributed by atoms with van der Waals surface area (Å²) in [5.74, 6) is -0.493. The average molecular weight is 721 g/mol. The second-order valence-corrected chi connectivity index (χ2v) is 12.1. The van der Waals surface area contributed by atoms with E-state index in [9.17, 15) is 8.78 Å². The molecule has 8 bridgehead atoms. The van der Waals surface area contributed by atoms with Crippen molar-refractivity contribution in [1.82, 2.24) is 19.9 Å². The van der Waals surface area contributed by atoms with Crippen LogP contribution in [0.1, 0.15) is 59.4 Å². The molecule has 2 aliphatic heterocycles. The number of hydrogen-bond donors (Lipinski definition) is 2. The van der Waals surface area contributed by atoms with Gasteiger partial charge in [0.15, 0.2) is 0 Å². The molecule has 0 spiro atoms. The Morgan fingerprint density at radius 3 is 1.78 bits per heavy atom. The number of halogens is 2. The maximum atomic E-state index is 13.4. The zero-order chi connectivity index (χ0) is 33.0. The van der Waals surface area contributed by atoms with Crippen molar-refractivity contribution >= 4 is 149 Å². The van der Waals surface area contributed by atoms with Crippen LogP contribution in [0.25, 0.3) is 45.9 Å². The minimum Gasteiger partial charge on any atom is -0.373 e. The Morgan fingerprint density at radius 2 is 1.16 bits per heavy atom. The first-order valence-corrected chi connectivity index (χ1v) is 16.2. The summed E-state index contributed by atoms with van der Waals surface area (Å²) in [4.78, 5) is 16.9. The molecule has 2 unspecified atom stereocenters. The predicted molar refractivity (Wildman–Crippen MR) is 199 cm³/mol. The van der Waals surface area contributed by atoms with Crippen LogP contribution in [-0.4, -0.2) is 142 Å². The van der Waals surface area contributed by atoms with Gasteiger partial charge in [-0.3, -0.25) is 0 Å². The number of aromatic nitrogens is 4. The van der Waals surface area contributed by atoms with Crippen LogP contribution in [0.5, 0.6) is 0 Å². The van der Waals surface area contributed by atoms with Crippen molar-refractivity contribution in [2.24, 2.45) is 0 Å². The summed E-state index contributed by atoms with van der Waals surface area (Å²) in [6, 6.07) is 27.3. The van der Waals surface area contributed by atoms with E-state index in [1.54, 1.807) is 24.3 Å². The van der Waals surface area contributed by atoms with Crippen LogP contribution >= 0.6 is 0 Å². The SMILES string of the molecule is CC(OCCc1ccc(F)cc1)C1=Cc2cc3[nH]c(cc4nc(cc5ccc(cc1n2)[nH]5)C=C4)cc3C(C)OCCc1ccc(F)cc1.[K].[K]. The maximum absolute atomic E-state index is 13.4. The molecule has 7 rings (SSSR count). The summed E-state index contributed by atoms with van der Waals surface area (Å²) in [5.41, 5.74) is 11.0. The van der Waals surface area contributed by atoms with Crippen LogP contribution in [-0.2, 0) is 22.3 Å². The monoisotopic (exact) mass is 720 g/mol. The van der Waals surface area contributed by atoms with Gasteiger partial charge in [-0.2, -0.15) is 0 Å². The van der Waals surface area contributed by atoms with Gasteiger partial charge in [-0.1, -0.05) is 24.3 Å². The van der Waals surface area contributed by atoms with Crippen molar-refractivity contribution < 1.29 is 18.3 Å². The minimum atomic E-state index is -0.247. The number of benzene rings is 2. The standard InChI is InChI=1S/C40H36F2N4O2.2K/c1-25(47-17-15-27-3-7-29(41)8-4-27)37-21-35-20-33-12-11-31(43-33)19-32-13-14-34(44-32)23-39-38(22-36(46-39)24-40(37)45-35)26(2)48-18-16-28-5-9-30(42)10-6-28;;/h3-14,19-26,44-45H,15-18H2,1-2H3;;. The van der Waals surface area contributed by atoms with Gasteiger partial charge in [0, 0.05) is 136 Å². The summed E-state index contributed by atoms with van der Waals surface area (Å²) in [7, 11) is 0. The largest absolute Gasteiger partial charge is 0.373 e. The number of nitrogens with zero attached hydrogens (tertiary/aromatic N) is 2. The van der Waals surface area contributed by atoms with Crippen molar-refractivity contribution in [1.29, 1.82) is 0 Å². The molecule has 50 heavy (non-hydrogen) atoms. The summed E-state index contributed by atoms with van der Waals surface area (Å²) >= 11 is 0. The molecule has 6 nitrogen and oxygen atoms in total. The molecule has 0 fully saturated rings. The summed E-state index contributed by atoms with van der Waals surface area (Å²) in [5, 5.41) is 0. The fourth-order valence-corrected chi connectivity index (χ4v) is 5.98.